The Morgan fingerprint density at radius 1 is 1.11 bits per heavy atom. The first kappa shape index (κ1) is 21.4. The van der Waals surface area contributed by atoms with Crippen LogP contribution in [0.25, 0.3) is 0 Å². The van der Waals surface area contributed by atoms with E-state index in [9.17, 15) is 18.0 Å². The molecule has 2 rings (SSSR count). The predicted octanol–water partition coefficient (Wildman–Crippen LogP) is 1.42. The molecule has 0 aliphatic heterocycles. The Kier molecular flexibility index (Phi) is 7.13. The van der Waals surface area contributed by atoms with Crippen molar-refractivity contribution in [3.8, 4) is 5.75 Å². The van der Waals surface area contributed by atoms with Crippen LogP contribution in [-0.2, 0) is 26.1 Å². The Morgan fingerprint density at radius 3 is 2.39 bits per heavy atom. The highest BCUT2D eigenvalue weighted by Crippen LogP contribution is 2.25. The van der Waals surface area contributed by atoms with Crippen LogP contribution in [-0.4, -0.2) is 53.0 Å². The van der Waals surface area contributed by atoms with Gasteiger partial charge in [0.25, 0.3) is 5.91 Å². The van der Waals surface area contributed by atoms with Crippen LogP contribution in [0.1, 0.15) is 15.9 Å². The highest BCUT2D eigenvalue weighted by atomic mass is 32.2. The summed E-state index contributed by atoms with van der Waals surface area (Å²) in [5, 5.41) is 0. The molecule has 1 amide bonds. The van der Waals surface area contributed by atoms with Crippen molar-refractivity contribution in [1.29, 1.82) is 0 Å². The molecule has 0 saturated heterocycles. The molecule has 28 heavy (non-hydrogen) atoms. The molecular formula is C19H22N2O6S. The van der Waals surface area contributed by atoms with Crippen LogP contribution in [0.15, 0.2) is 53.4 Å². The standard InChI is InChI=1S/C19H22N2O6S/c1-20-28(24,25)17-11-15(9-10-16(17)26-3)19(23)27-13-18(22)21(2)12-14-7-5-4-6-8-14/h4-11,20H,12-13H2,1-3H3. The van der Waals surface area contributed by atoms with Crippen LogP contribution in [0.4, 0.5) is 0 Å². The molecule has 150 valence electrons. The van der Waals surface area contributed by atoms with Crippen molar-refractivity contribution in [1.82, 2.24) is 9.62 Å². The van der Waals surface area contributed by atoms with Gasteiger partial charge in [0.15, 0.2) is 6.61 Å². The summed E-state index contributed by atoms with van der Waals surface area (Å²) < 4.78 is 36.4. The maximum absolute atomic E-state index is 12.2. The lowest BCUT2D eigenvalue weighted by molar-refractivity contribution is -0.133. The number of ether oxygens (including phenoxy) is 2. The van der Waals surface area contributed by atoms with Crippen molar-refractivity contribution in [2.75, 3.05) is 27.8 Å². The zero-order chi connectivity index (χ0) is 20.7. The number of carbonyl (C=O) groups excluding carboxylic acids is 2. The zero-order valence-electron chi connectivity index (χ0n) is 15.8. The molecule has 8 nitrogen and oxygen atoms in total. The molecule has 0 atom stereocenters. The van der Waals surface area contributed by atoms with Crippen molar-refractivity contribution >= 4 is 21.9 Å². The van der Waals surface area contributed by atoms with Crippen LogP contribution in [0.5, 0.6) is 5.75 Å². The second kappa shape index (κ2) is 9.34. The lowest BCUT2D eigenvalue weighted by atomic mass is 10.2. The third-order valence-electron chi connectivity index (χ3n) is 3.97. The second-order valence-corrected chi connectivity index (χ2v) is 7.74. The van der Waals surface area contributed by atoms with Crippen LogP contribution in [0.3, 0.4) is 0 Å². The Bertz CT molecular complexity index is 944. The molecule has 0 heterocycles. The van der Waals surface area contributed by atoms with E-state index in [1.54, 1.807) is 7.05 Å². The first-order valence-corrected chi connectivity index (χ1v) is 9.83. The highest BCUT2D eigenvalue weighted by Gasteiger charge is 2.21. The SMILES string of the molecule is CNS(=O)(=O)c1cc(C(=O)OCC(=O)N(C)Cc2ccccc2)ccc1OC. The minimum Gasteiger partial charge on any atom is -0.495 e. The Morgan fingerprint density at radius 2 is 1.79 bits per heavy atom. The topological polar surface area (TPSA) is 102 Å². The van der Waals surface area contributed by atoms with Gasteiger partial charge in [-0.1, -0.05) is 30.3 Å². The molecule has 9 heteroatoms. The fourth-order valence-corrected chi connectivity index (χ4v) is 3.31. The number of hydrogen-bond acceptors (Lipinski definition) is 6. The van der Waals surface area contributed by atoms with Gasteiger partial charge in [0.2, 0.25) is 10.0 Å². The van der Waals surface area contributed by atoms with Crippen LogP contribution in [0.2, 0.25) is 0 Å². The molecule has 0 aromatic heterocycles. The number of benzene rings is 2. The van der Waals surface area contributed by atoms with Gasteiger partial charge in [-0.2, -0.15) is 0 Å². The predicted molar refractivity (Wildman–Crippen MR) is 102 cm³/mol. The first-order valence-electron chi connectivity index (χ1n) is 8.35. The minimum absolute atomic E-state index is 0.00635. The van der Waals surface area contributed by atoms with E-state index in [-0.39, 0.29) is 22.1 Å². The molecule has 0 fully saturated rings. The van der Waals surface area contributed by atoms with E-state index in [0.717, 1.165) is 11.6 Å². The van der Waals surface area contributed by atoms with Gasteiger partial charge in [-0.05, 0) is 30.8 Å². The molecule has 0 bridgehead atoms. The Balaban J connectivity index is 2.04. The molecule has 0 saturated carbocycles. The van der Waals surface area contributed by atoms with Gasteiger partial charge in [-0.25, -0.2) is 17.9 Å². The molecule has 2 aromatic carbocycles. The number of amides is 1. The Labute approximate surface area is 164 Å². The molecule has 0 aliphatic carbocycles. The summed E-state index contributed by atoms with van der Waals surface area (Å²) >= 11 is 0. The smallest absolute Gasteiger partial charge is 0.338 e. The van der Waals surface area contributed by atoms with Gasteiger partial charge in [0.05, 0.1) is 12.7 Å². The number of esters is 1. The number of carbonyl (C=O) groups is 2. The highest BCUT2D eigenvalue weighted by molar-refractivity contribution is 7.89. The van der Waals surface area contributed by atoms with Crippen LogP contribution < -0.4 is 9.46 Å². The number of nitrogens with zero attached hydrogens (tertiary/aromatic N) is 1. The largest absolute Gasteiger partial charge is 0.495 e. The lowest BCUT2D eigenvalue weighted by Gasteiger charge is -2.17. The fraction of sp³-hybridized carbons (Fsp3) is 0.263. The van der Waals surface area contributed by atoms with Crippen LogP contribution >= 0.6 is 0 Å². The van der Waals surface area contributed by atoms with Crippen molar-refractivity contribution in [3.05, 3.63) is 59.7 Å². The Hall–Kier alpha value is -2.91. The number of hydrogen-bond donors (Lipinski definition) is 1. The van der Waals surface area contributed by atoms with E-state index in [1.165, 1.54) is 31.2 Å². The number of rotatable bonds is 8. The molecule has 1 N–H and O–H groups in total. The molecule has 0 radical (unpaired) electrons. The monoisotopic (exact) mass is 406 g/mol. The van der Waals surface area contributed by atoms with E-state index in [2.05, 4.69) is 4.72 Å². The van der Waals surface area contributed by atoms with E-state index >= 15 is 0 Å². The summed E-state index contributed by atoms with van der Waals surface area (Å²) in [5.41, 5.74) is 0.940. The normalized spacial score (nSPS) is 11.0. The third-order valence-corrected chi connectivity index (χ3v) is 5.41. The molecular weight excluding hydrogens is 384 g/mol. The van der Waals surface area contributed by atoms with E-state index in [4.69, 9.17) is 9.47 Å². The van der Waals surface area contributed by atoms with E-state index in [1.807, 2.05) is 30.3 Å². The first-order chi connectivity index (χ1) is 13.3. The summed E-state index contributed by atoms with van der Waals surface area (Å²) in [5.74, 6) is -1.10. The van der Waals surface area contributed by atoms with Gasteiger partial charge in [0, 0.05) is 13.6 Å². The maximum Gasteiger partial charge on any atom is 0.338 e. The summed E-state index contributed by atoms with van der Waals surface area (Å²) in [6.45, 7) is -0.0768. The zero-order valence-corrected chi connectivity index (χ0v) is 16.7. The average Bonchev–Trinajstić information content (AvgIpc) is 2.71. The number of methoxy groups -OCH3 is 1. The van der Waals surface area contributed by atoms with Gasteiger partial charge in [-0.15, -0.1) is 0 Å². The van der Waals surface area contributed by atoms with Gasteiger partial charge in [0.1, 0.15) is 10.6 Å². The van der Waals surface area contributed by atoms with Crippen LogP contribution in [0, 0.1) is 0 Å². The summed E-state index contributed by atoms with van der Waals surface area (Å²) in [7, 11) is 0.345. The van der Waals surface area contributed by atoms with Gasteiger partial charge < -0.3 is 14.4 Å². The third kappa shape index (κ3) is 5.30. The summed E-state index contributed by atoms with van der Waals surface area (Å²) in [4.78, 5) is 25.7. The fourth-order valence-electron chi connectivity index (χ4n) is 2.39. The van der Waals surface area contributed by atoms with E-state index in [0.29, 0.717) is 6.54 Å². The number of nitrogens with one attached hydrogen (secondary N) is 1. The summed E-state index contributed by atoms with van der Waals surface area (Å²) in [6.07, 6.45) is 0. The quantitative estimate of drug-likeness (QED) is 0.665. The van der Waals surface area contributed by atoms with Gasteiger partial charge in [-0.3, -0.25) is 4.79 Å². The van der Waals surface area contributed by atoms with Crippen molar-refractivity contribution in [2.24, 2.45) is 0 Å². The summed E-state index contributed by atoms with van der Waals surface area (Å²) in [6, 6.07) is 13.3. The second-order valence-electron chi connectivity index (χ2n) is 5.88. The molecule has 0 unspecified atom stereocenters. The lowest BCUT2D eigenvalue weighted by Crippen LogP contribution is -2.30. The number of sulfonamides is 1. The van der Waals surface area contributed by atoms with Crippen molar-refractivity contribution in [3.63, 3.8) is 0 Å². The number of likely N-dealkylation sites (N-methyl/N-ethyl adjacent to an activating group) is 1. The average molecular weight is 406 g/mol. The molecule has 0 aliphatic rings. The van der Waals surface area contributed by atoms with Gasteiger partial charge >= 0.3 is 5.97 Å². The van der Waals surface area contributed by atoms with Crippen molar-refractivity contribution < 1.29 is 27.5 Å². The van der Waals surface area contributed by atoms with Crippen molar-refractivity contribution in [2.45, 2.75) is 11.4 Å². The maximum atomic E-state index is 12.2. The molecule has 2 aromatic rings. The van der Waals surface area contributed by atoms with E-state index < -0.39 is 22.6 Å². The molecule has 0 spiro atoms. The minimum atomic E-state index is -3.83.